The van der Waals surface area contributed by atoms with Crippen molar-refractivity contribution in [3.8, 4) is 11.6 Å². The topological polar surface area (TPSA) is 100 Å². The lowest BCUT2D eigenvalue weighted by molar-refractivity contribution is 0.0697. The van der Waals surface area contributed by atoms with Gasteiger partial charge in [0, 0.05) is 0 Å². The van der Waals surface area contributed by atoms with Crippen molar-refractivity contribution >= 4 is 17.3 Å². The van der Waals surface area contributed by atoms with E-state index in [1.54, 1.807) is 37.3 Å². The van der Waals surface area contributed by atoms with Crippen LogP contribution in [0.15, 0.2) is 64.8 Å². The van der Waals surface area contributed by atoms with Gasteiger partial charge in [-0.1, -0.05) is 30.3 Å². The van der Waals surface area contributed by atoms with Crippen LogP contribution in [0.5, 0.6) is 5.88 Å². The molecule has 2 N–H and O–H groups in total. The predicted molar refractivity (Wildman–Crippen MR) is 87.5 cm³/mol. The molecule has 7 heteroatoms. The molecule has 0 fully saturated rings. The summed E-state index contributed by atoms with van der Waals surface area (Å²) < 4.78 is 1.35. The van der Waals surface area contributed by atoms with Crippen LogP contribution in [0.25, 0.3) is 5.69 Å². The highest BCUT2D eigenvalue weighted by atomic mass is 16.4. The molecular formula is C17H14N4O3. The van der Waals surface area contributed by atoms with Crippen LogP contribution >= 0.6 is 0 Å². The van der Waals surface area contributed by atoms with E-state index in [2.05, 4.69) is 15.3 Å². The second kappa shape index (κ2) is 6.33. The number of carboxylic acid groups (broad SMARTS) is 1. The van der Waals surface area contributed by atoms with Crippen molar-refractivity contribution in [2.24, 2.45) is 10.2 Å². The molecule has 1 aromatic heterocycles. The Morgan fingerprint density at radius 1 is 1.04 bits per heavy atom. The molecule has 3 rings (SSSR count). The van der Waals surface area contributed by atoms with E-state index in [0.717, 1.165) is 0 Å². The van der Waals surface area contributed by atoms with Gasteiger partial charge < -0.3 is 10.2 Å². The van der Waals surface area contributed by atoms with Gasteiger partial charge in [0.1, 0.15) is 5.69 Å². The molecule has 0 aliphatic heterocycles. The fraction of sp³-hybridized carbons (Fsp3) is 0.0588. The number of carboxylic acids is 1. The molecule has 0 amide bonds. The number of para-hydroxylation sites is 1. The third-order valence-corrected chi connectivity index (χ3v) is 3.40. The third-order valence-electron chi connectivity index (χ3n) is 3.40. The molecule has 0 radical (unpaired) electrons. The van der Waals surface area contributed by atoms with Gasteiger partial charge in [-0.05, 0) is 31.2 Å². The summed E-state index contributed by atoms with van der Waals surface area (Å²) in [6.45, 7) is 1.69. The van der Waals surface area contributed by atoms with E-state index in [9.17, 15) is 9.90 Å². The Morgan fingerprint density at radius 3 is 2.42 bits per heavy atom. The van der Waals surface area contributed by atoms with Gasteiger partial charge in [0.2, 0.25) is 5.88 Å². The van der Waals surface area contributed by atoms with Crippen molar-refractivity contribution in [2.45, 2.75) is 6.92 Å². The van der Waals surface area contributed by atoms with E-state index in [1.165, 1.54) is 10.7 Å². The van der Waals surface area contributed by atoms with Crippen LogP contribution < -0.4 is 0 Å². The van der Waals surface area contributed by atoms with Gasteiger partial charge in [-0.2, -0.15) is 9.78 Å². The van der Waals surface area contributed by atoms with Gasteiger partial charge in [0.15, 0.2) is 5.69 Å². The first-order chi connectivity index (χ1) is 11.6. The smallest absolute Gasteiger partial charge is 0.337 e. The zero-order valence-electron chi connectivity index (χ0n) is 12.8. The third kappa shape index (κ3) is 2.87. The SMILES string of the molecule is Cc1nn(-c2ccccc2)c(O)c1/N=N/c1ccccc1C(=O)O. The molecule has 3 aromatic rings. The number of azo groups is 1. The standard InChI is InChI=1S/C17H14N4O3/c1-11-15(16(22)21(20-11)12-7-3-2-4-8-12)19-18-14-10-6-5-9-13(14)17(23)24/h2-10,22H,1H3,(H,23,24)/b19-18+. The number of aromatic nitrogens is 2. The molecular weight excluding hydrogens is 308 g/mol. The van der Waals surface area contributed by atoms with Gasteiger partial charge >= 0.3 is 5.97 Å². The molecule has 1 heterocycles. The maximum Gasteiger partial charge on any atom is 0.337 e. The first-order valence-corrected chi connectivity index (χ1v) is 7.16. The zero-order chi connectivity index (χ0) is 17.1. The van der Waals surface area contributed by atoms with E-state index in [-0.39, 0.29) is 22.8 Å². The number of rotatable bonds is 4. The lowest BCUT2D eigenvalue weighted by Gasteiger charge is -2.01. The Kier molecular flexibility index (Phi) is 4.07. The molecule has 2 aromatic carbocycles. The summed E-state index contributed by atoms with van der Waals surface area (Å²) in [4.78, 5) is 11.2. The molecule has 120 valence electrons. The Labute approximate surface area is 137 Å². The summed E-state index contributed by atoms with van der Waals surface area (Å²) in [7, 11) is 0. The maximum atomic E-state index is 11.2. The number of aromatic carboxylic acids is 1. The van der Waals surface area contributed by atoms with Crippen LogP contribution in [-0.4, -0.2) is 26.0 Å². The summed E-state index contributed by atoms with van der Waals surface area (Å²) in [5.74, 6) is -1.25. The number of hydrogen-bond acceptors (Lipinski definition) is 5. The minimum atomic E-state index is -1.09. The summed E-state index contributed by atoms with van der Waals surface area (Å²) in [6, 6.07) is 15.4. The van der Waals surface area contributed by atoms with Crippen LogP contribution in [0.4, 0.5) is 11.4 Å². The molecule has 0 atom stereocenters. The summed E-state index contributed by atoms with van der Waals surface area (Å²) in [5, 5.41) is 31.7. The summed E-state index contributed by atoms with van der Waals surface area (Å²) in [5.41, 5.74) is 1.60. The fourth-order valence-electron chi connectivity index (χ4n) is 2.22. The molecule has 0 aliphatic carbocycles. The molecule has 0 aliphatic rings. The number of aryl methyl sites for hydroxylation is 1. The van der Waals surface area contributed by atoms with E-state index in [0.29, 0.717) is 11.4 Å². The van der Waals surface area contributed by atoms with E-state index in [4.69, 9.17) is 5.11 Å². The largest absolute Gasteiger partial charge is 0.492 e. The van der Waals surface area contributed by atoms with Crippen molar-refractivity contribution in [2.75, 3.05) is 0 Å². The van der Waals surface area contributed by atoms with Crippen molar-refractivity contribution in [1.29, 1.82) is 0 Å². The van der Waals surface area contributed by atoms with Crippen LogP contribution in [0.3, 0.4) is 0 Å². The molecule has 24 heavy (non-hydrogen) atoms. The lowest BCUT2D eigenvalue weighted by atomic mass is 10.2. The average molecular weight is 322 g/mol. The van der Waals surface area contributed by atoms with Crippen LogP contribution in [0, 0.1) is 6.92 Å². The quantitative estimate of drug-likeness (QED) is 0.709. The van der Waals surface area contributed by atoms with E-state index in [1.807, 2.05) is 18.2 Å². The number of aromatic hydroxyl groups is 1. The van der Waals surface area contributed by atoms with Crippen LogP contribution in [-0.2, 0) is 0 Å². The highest BCUT2D eigenvalue weighted by molar-refractivity contribution is 5.93. The Bertz CT molecular complexity index is 917. The maximum absolute atomic E-state index is 11.2. The van der Waals surface area contributed by atoms with Gasteiger partial charge in [0.25, 0.3) is 0 Å². The van der Waals surface area contributed by atoms with Crippen molar-refractivity contribution in [3.05, 3.63) is 65.9 Å². The van der Waals surface area contributed by atoms with Crippen LogP contribution in [0.2, 0.25) is 0 Å². The predicted octanol–water partition coefficient (Wildman–Crippen LogP) is 4.00. The number of benzene rings is 2. The first kappa shape index (κ1) is 15.4. The van der Waals surface area contributed by atoms with Crippen molar-refractivity contribution in [1.82, 2.24) is 9.78 Å². The monoisotopic (exact) mass is 322 g/mol. The molecule has 0 unspecified atom stereocenters. The highest BCUT2D eigenvalue weighted by Crippen LogP contribution is 2.34. The minimum Gasteiger partial charge on any atom is -0.492 e. The van der Waals surface area contributed by atoms with Gasteiger partial charge in [-0.15, -0.1) is 10.2 Å². The normalized spacial score (nSPS) is 11.0. The van der Waals surface area contributed by atoms with Crippen LogP contribution in [0.1, 0.15) is 16.1 Å². The molecule has 0 spiro atoms. The Balaban J connectivity index is 2.00. The van der Waals surface area contributed by atoms with Gasteiger partial charge in [0.05, 0.1) is 16.9 Å². The number of carbonyl (C=O) groups is 1. The molecule has 7 nitrogen and oxygen atoms in total. The molecule has 0 saturated heterocycles. The Hall–Kier alpha value is -3.48. The fourth-order valence-corrected chi connectivity index (χ4v) is 2.22. The van der Waals surface area contributed by atoms with Gasteiger partial charge in [-0.25, -0.2) is 4.79 Å². The van der Waals surface area contributed by atoms with Gasteiger partial charge in [-0.3, -0.25) is 0 Å². The van der Waals surface area contributed by atoms with Crippen molar-refractivity contribution < 1.29 is 15.0 Å². The zero-order valence-corrected chi connectivity index (χ0v) is 12.8. The molecule has 0 saturated carbocycles. The second-order valence-corrected chi connectivity index (χ2v) is 5.03. The number of hydrogen-bond donors (Lipinski definition) is 2. The van der Waals surface area contributed by atoms with E-state index < -0.39 is 5.97 Å². The number of nitrogens with zero attached hydrogens (tertiary/aromatic N) is 4. The Morgan fingerprint density at radius 2 is 1.71 bits per heavy atom. The van der Waals surface area contributed by atoms with Crippen molar-refractivity contribution in [3.63, 3.8) is 0 Å². The summed E-state index contributed by atoms with van der Waals surface area (Å²) >= 11 is 0. The highest BCUT2D eigenvalue weighted by Gasteiger charge is 2.16. The second-order valence-electron chi connectivity index (χ2n) is 5.03. The summed E-state index contributed by atoms with van der Waals surface area (Å²) in [6.07, 6.45) is 0. The van der Waals surface area contributed by atoms with E-state index >= 15 is 0 Å². The minimum absolute atomic E-state index is 0.0360. The first-order valence-electron chi connectivity index (χ1n) is 7.16. The molecule has 0 bridgehead atoms. The lowest BCUT2D eigenvalue weighted by Crippen LogP contribution is -1.95. The average Bonchev–Trinajstić information content (AvgIpc) is 2.88.